The van der Waals surface area contributed by atoms with Crippen molar-refractivity contribution in [1.82, 2.24) is 4.57 Å². The number of halogens is 3. The second-order valence-corrected chi connectivity index (χ2v) is 8.90. The number of thioether (sulfide) groups is 1. The molecule has 0 aliphatic rings. The summed E-state index contributed by atoms with van der Waals surface area (Å²) in [5.74, 6) is 0.150. The van der Waals surface area contributed by atoms with Crippen LogP contribution in [0.25, 0.3) is 5.69 Å². The summed E-state index contributed by atoms with van der Waals surface area (Å²) in [4.78, 5) is 14.1. The first-order valence-corrected chi connectivity index (χ1v) is 10.6. The van der Waals surface area contributed by atoms with E-state index in [1.54, 1.807) is 12.1 Å². The van der Waals surface area contributed by atoms with Gasteiger partial charge in [-0.25, -0.2) is 0 Å². The number of nitrogens with zero attached hydrogens (tertiary/aromatic N) is 1. The quantitative estimate of drug-likeness (QED) is 0.275. The van der Waals surface area contributed by atoms with Crippen LogP contribution in [0.1, 0.15) is 28.7 Å². The first kappa shape index (κ1) is 21.6. The van der Waals surface area contributed by atoms with Crippen molar-refractivity contribution in [1.29, 1.82) is 0 Å². The molecule has 0 radical (unpaired) electrons. The summed E-state index contributed by atoms with van der Waals surface area (Å²) in [6.45, 7) is 2.85. The number of carbonyl (C=O) groups excluding carboxylic acids is 1. The molecule has 0 N–H and O–H groups in total. The fraction of sp³-hybridized carbons (Fsp3) is 0.227. The molecule has 0 aliphatic carbocycles. The van der Waals surface area contributed by atoms with Crippen LogP contribution in [0.2, 0.25) is 0 Å². The zero-order valence-electron chi connectivity index (χ0n) is 16.2. The molecule has 3 aromatic rings. The van der Waals surface area contributed by atoms with Crippen molar-refractivity contribution in [3.8, 4) is 11.4 Å². The molecule has 1 atom stereocenters. The minimum atomic E-state index is -2.86. The smallest absolute Gasteiger partial charge is 0.387 e. The van der Waals surface area contributed by atoms with Crippen molar-refractivity contribution in [2.75, 3.05) is 0 Å². The zero-order chi connectivity index (χ0) is 21.1. The van der Waals surface area contributed by atoms with E-state index in [0.29, 0.717) is 5.56 Å². The molecule has 1 heterocycles. The van der Waals surface area contributed by atoms with Crippen molar-refractivity contribution in [2.45, 2.75) is 37.5 Å². The van der Waals surface area contributed by atoms with Gasteiger partial charge >= 0.3 is 6.61 Å². The molecule has 29 heavy (non-hydrogen) atoms. The van der Waals surface area contributed by atoms with Crippen LogP contribution in [0.5, 0.6) is 5.75 Å². The van der Waals surface area contributed by atoms with Gasteiger partial charge in [-0.1, -0.05) is 15.9 Å². The van der Waals surface area contributed by atoms with Crippen molar-refractivity contribution in [3.05, 3.63) is 76.0 Å². The number of hydrogen-bond acceptors (Lipinski definition) is 3. The molecule has 3 nitrogen and oxygen atoms in total. The Morgan fingerprint density at radius 2 is 1.69 bits per heavy atom. The molecule has 0 aliphatic heterocycles. The zero-order valence-corrected chi connectivity index (χ0v) is 18.6. The highest BCUT2D eigenvalue weighted by atomic mass is 79.9. The number of ether oxygens (including phenoxy) is 1. The van der Waals surface area contributed by atoms with Gasteiger partial charge in [0.1, 0.15) is 5.75 Å². The highest BCUT2D eigenvalue weighted by molar-refractivity contribution is 9.10. The SMILES string of the molecule is Cc1cc(C(=O)C(C)Sc2ccc(Br)cc2)c(C)n1-c1ccc(OC(F)F)cc1. The highest BCUT2D eigenvalue weighted by Crippen LogP contribution is 2.30. The van der Waals surface area contributed by atoms with E-state index in [0.717, 1.165) is 26.4 Å². The maximum Gasteiger partial charge on any atom is 0.387 e. The fourth-order valence-electron chi connectivity index (χ4n) is 3.18. The third kappa shape index (κ3) is 5.08. The molecule has 3 rings (SSSR count). The minimum Gasteiger partial charge on any atom is -0.435 e. The largest absolute Gasteiger partial charge is 0.435 e. The third-order valence-electron chi connectivity index (χ3n) is 4.51. The molecule has 1 unspecified atom stereocenters. The van der Waals surface area contributed by atoms with Crippen molar-refractivity contribution >= 4 is 33.5 Å². The van der Waals surface area contributed by atoms with Gasteiger partial charge in [0.2, 0.25) is 0 Å². The molecule has 152 valence electrons. The number of rotatable bonds is 7. The lowest BCUT2D eigenvalue weighted by molar-refractivity contribution is -0.0498. The standard InChI is InChI=1S/C22H20BrF2NO2S/c1-13-12-20(21(27)15(3)29-19-10-4-16(23)5-11-19)14(2)26(13)17-6-8-18(9-7-17)28-22(24)25/h4-12,15,22H,1-3H3. The third-order valence-corrected chi connectivity index (χ3v) is 6.15. The predicted molar refractivity (Wildman–Crippen MR) is 116 cm³/mol. The Labute approximate surface area is 181 Å². The van der Waals surface area contributed by atoms with Gasteiger partial charge < -0.3 is 9.30 Å². The Hall–Kier alpha value is -2.12. The summed E-state index contributed by atoms with van der Waals surface area (Å²) < 4.78 is 32.0. The van der Waals surface area contributed by atoms with E-state index in [-0.39, 0.29) is 16.8 Å². The molecule has 0 saturated heterocycles. The molecule has 1 aromatic heterocycles. The average Bonchev–Trinajstić information content (AvgIpc) is 2.97. The second-order valence-electron chi connectivity index (χ2n) is 6.57. The minimum absolute atomic E-state index is 0.0509. The number of Topliss-reactive ketones (excluding diaryl/α,β-unsaturated/α-hetero) is 1. The van der Waals surface area contributed by atoms with Gasteiger partial charge in [-0.15, -0.1) is 11.8 Å². The molecule has 0 spiro atoms. The average molecular weight is 480 g/mol. The molecule has 2 aromatic carbocycles. The molecule has 0 bridgehead atoms. The topological polar surface area (TPSA) is 31.2 Å². The van der Waals surface area contributed by atoms with Crippen molar-refractivity contribution < 1.29 is 18.3 Å². The molecular formula is C22H20BrF2NO2S. The fourth-order valence-corrected chi connectivity index (χ4v) is 4.38. The van der Waals surface area contributed by atoms with E-state index in [2.05, 4.69) is 20.7 Å². The Morgan fingerprint density at radius 1 is 1.07 bits per heavy atom. The molecule has 0 saturated carbocycles. The number of ketones is 1. The van der Waals surface area contributed by atoms with Gasteiger partial charge in [-0.3, -0.25) is 4.79 Å². The van der Waals surface area contributed by atoms with E-state index in [1.165, 1.54) is 23.9 Å². The van der Waals surface area contributed by atoms with Gasteiger partial charge in [0.25, 0.3) is 0 Å². The van der Waals surface area contributed by atoms with Gasteiger partial charge in [0.15, 0.2) is 5.78 Å². The molecule has 0 fully saturated rings. The summed E-state index contributed by atoms with van der Waals surface area (Å²) in [6.07, 6.45) is 0. The molecule has 7 heteroatoms. The van der Waals surface area contributed by atoms with E-state index >= 15 is 0 Å². The van der Waals surface area contributed by atoms with Crippen LogP contribution in [0.4, 0.5) is 8.78 Å². The van der Waals surface area contributed by atoms with Crippen LogP contribution < -0.4 is 4.74 Å². The first-order valence-electron chi connectivity index (χ1n) is 8.97. The highest BCUT2D eigenvalue weighted by Gasteiger charge is 2.22. The maximum absolute atomic E-state index is 13.1. The Balaban J connectivity index is 1.82. The summed E-state index contributed by atoms with van der Waals surface area (Å²) in [7, 11) is 0. The number of alkyl halides is 2. The normalized spacial score (nSPS) is 12.2. The van der Waals surface area contributed by atoms with E-state index in [1.807, 2.05) is 55.7 Å². The summed E-state index contributed by atoms with van der Waals surface area (Å²) in [5, 5.41) is -0.244. The predicted octanol–water partition coefficient (Wildman–Crippen LogP) is 6.82. The van der Waals surface area contributed by atoms with Gasteiger partial charge in [0, 0.05) is 32.0 Å². The van der Waals surface area contributed by atoms with Gasteiger partial charge in [-0.05, 0) is 75.4 Å². The van der Waals surface area contributed by atoms with Crippen LogP contribution in [0, 0.1) is 13.8 Å². The summed E-state index contributed by atoms with van der Waals surface area (Å²) in [5.41, 5.74) is 3.16. The number of hydrogen-bond donors (Lipinski definition) is 0. The van der Waals surface area contributed by atoms with Crippen LogP contribution in [-0.2, 0) is 0 Å². The van der Waals surface area contributed by atoms with E-state index < -0.39 is 6.61 Å². The second kappa shape index (κ2) is 9.13. The number of carbonyl (C=O) groups is 1. The Morgan fingerprint density at radius 3 is 2.28 bits per heavy atom. The van der Waals surface area contributed by atoms with Crippen molar-refractivity contribution in [3.63, 3.8) is 0 Å². The lowest BCUT2D eigenvalue weighted by Crippen LogP contribution is -2.14. The van der Waals surface area contributed by atoms with Crippen LogP contribution in [0.3, 0.4) is 0 Å². The monoisotopic (exact) mass is 479 g/mol. The number of aromatic nitrogens is 1. The van der Waals surface area contributed by atoms with Gasteiger partial charge in [0.05, 0.1) is 5.25 Å². The lowest BCUT2D eigenvalue weighted by atomic mass is 10.1. The number of aryl methyl sites for hydroxylation is 1. The molecular weight excluding hydrogens is 460 g/mol. The summed E-state index contributed by atoms with van der Waals surface area (Å²) in [6, 6.07) is 16.1. The summed E-state index contributed by atoms with van der Waals surface area (Å²) >= 11 is 4.93. The van der Waals surface area contributed by atoms with Crippen LogP contribution >= 0.6 is 27.7 Å². The van der Waals surface area contributed by atoms with E-state index in [9.17, 15) is 13.6 Å². The lowest BCUT2D eigenvalue weighted by Gasteiger charge is -2.13. The van der Waals surface area contributed by atoms with Crippen LogP contribution in [-0.4, -0.2) is 22.2 Å². The molecule has 0 amide bonds. The Bertz CT molecular complexity index is 1000. The Kier molecular flexibility index (Phi) is 6.80. The van der Waals surface area contributed by atoms with Crippen LogP contribution in [0.15, 0.2) is 64.0 Å². The maximum atomic E-state index is 13.1. The first-order chi connectivity index (χ1) is 13.8. The number of benzene rings is 2. The van der Waals surface area contributed by atoms with E-state index in [4.69, 9.17) is 0 Å². The van der Waals surface area contributed by atoms with Gasteiger partial charge in [-0.2, -0.15) is 8.78 Å². The van der Waals surface area contributed by atoms with Crippen molar-refractivity contribution in [2.24, 2.45) is 0 Å².